The van der Waals surface area contributed by atoms with Crippen LogP contribution in [0.3, 0.4) is 0 Å². The molecule has 1 saturated heterocycles. The van der Waals surface area contributed by atoms with E-state index in [0.717, 1.165) is 33.6 Å². The van der Waals surface area contributed by atoms with E-state index in [1.807, 2.05) is 30.3 Å². The van der Waals surface area contributed by atoms with Crippen molar-refractivity contribution in [3.63, 3.8) is 0 Å². The molecule has 0 saturated carbocycles. The summed E-state index contributed by atoms with van der Waals surface area (Å²) in [7, 11) is 0. The van der Waals surface area contributed by atoms with E-state index < -0.39 is 40.6 Å². The highest BCUT2D eigenvalue weighted by atomic mass is 32.2. The van der Waals surface area contributed by atoms with Crippen molar-refractivity contribution < 1.29 is 23.9 Å². The number of amides is 3. The quantitative estimate of drug-likeness (QED) is 0.280. The number of fused-ring (bicyclic) bond motifs is 2. The second kappa shape index (κ2) is 9.83. The highest BCUT2D eigenvalue weighted by molar-refractivity contribution is 8.00. The van der Waals surface area contributed by atoms with Crippen molar-refractivity contribution in [2.45, 2.75) is 22.7 Å². The molecule has 1 aromatic heterocycles. The number of phenolic OH excluding ortho intramolecular Hbond substituents is 1. The zero-order chi connectivity index (χ0) is 27.3. The van der Waals surface area contributed by atoms with Crippen LogP contribution >= 0.6 is 23.1 Å². The fourth-order valence-corrected chi connectivity index (χ4v) is 7.78. The smallest absolute Gasteiger partial charge is 0.308 e. The normalized spacial score (nSPS) is 20.0. The molecule has 2 aliphatic heterocycles. The van der Waals surface area contributed by atoms with Gasteiger partial charge in [0, 0.05) is 16.5 Å². The predicted octanol–water partition coefficient (Wildman–Crippen LogP) is 4.19. The summed E-state index contributed by atoms with van der Waals surface area (Å²) in [5.41, 5.74) is 1.51. The largest absolute Gasteiger partial charge is 0.508 e. The number of halogens is 1. The number of thioether (sulfide) groups is 1. The summed E-state index contributed by atoms with van der Waals surface area (Å²) in [6.07, 6.45) is 0. The van der Waals surface area contributed by atoms with Gasteiger partial charge in [0.25, 0.3) is 0 Å². The van der Waals surface area contributed by atoms with E-state index in [1.165, 1.54) is 53.1 Å². The zero-order valence-corrected chi connectivity index (χ0v) is 21.7. The Morgan fingerprint density at radius 1 is 0.923 bits per heavy atom. The molecule has 11 heteroatoms. The Morgan fingerprint density at radius 3 is 2.31 bits per heavy atom. The highest BCUT2D eigenvalue weighted by Gasteiger charge is 2.56. The van der Waals surface area contributed by atoms with E-state index >= 15 is 0 Å². The van der Waals surface area contributed by atoms with Gasteiger partial charge >= 0.3 is 4.87 Å². The topological polar surface area (TPSA) is 109 Å². The van der Waals surface area contributed by atoms with Gasteiger partial charge in [0.1, 0.15) is 23.4 Å². The van der Waals surface area contributed by atoms with Crippen LogP contribution in [-0.2, 0) is 20.9 Å². The molecule has 2 unspecified atom stereocenters. The van der Waals surface area contributed by atoms with E-state index in [0.29, 0.717) is 15.6 Å². The third kappa shape index (κ3) is 4.43. The van der Waals surface area contributed by atoms with Crippen molar-refractivity contribution >= 4 is 52.2 Å². The van der Waals surface area contributed by atoms with Gasteiger partial charge in [-0.05, 0) is 54.1 Å². The average Bonchev–Trinajstić information content (AvgIpc) is 3.37. The van der Waals surface area contributed by atoms with Crippen molar-refractivity contribution in [2.24, 2.45) is 5.92 Å². The highest BCUT2D eigenvalue weighted by Crippen LogP contribution is 2.53. The molecule has 6 rings (SSSR count). The number of rotatable bonds is 5. The number of nitrogens with zero attached hydrogens (tertiary/aromatic N) is 2. The Bertz CT molecular complexity index is 1650. The lowest BCUT2D eigenvalue weighted by Crippen LogP contribution is -2.33. The summed E-state index contributed by atoms with van der Waals surface area (Å²) >= 11 is 2.07. The van der Waals surface area contributed by atoms with Crippen LogP contribution in [-0.4, -0.2) is 32.6 Å². The van der Waals surface area contributed by atoms with Crippen molar-refractivity contribution in [2.75, 3.05) is 10.2 Å². The Balaban J connectivity index is 1.39. The minimum atomic E-state index is -0.833. The molecule has 0 bridgehead atoms. The minimum absolute atomic E-state index is 0.0551. The Kier molecular flexibility index (Phi) is 6.32. The molecule has 2 N–H and O–H groups in total. The van der Waals surface area contributed by atoms with Gasteiger partial charge in [0.15, 0.2) is 0 Å². The van der Waals surface area contributed by atoms with Crippen molar-refractivity contribution in [3.05, 3.63) is 105 Å². The summed E-state index contributed by atoms with van der Waals surface area (Å²) in [5, 5.41) is 11.8. The number of hydrogen-bond donors (Lipinski definition) is 2. The minimum Gasteiger partial charge on any atom is -0.508 e. The van der Waals surface area contributed by atoms with Gasteiger partial charge in [-0.1, -0.05) is 53.4 Å². The van der Waals surface area contributed by atoms with Crippen LogP contribution in [0.25, 0.3) is 0 Å². The summed E-state index contributed by atoms with van der Waals surface area (Å²) < 4.78 is 14.9. The maximum absolute atomic E-state index is 13.8. The van der Waals surface area contributed by atoms with Crippen LogP contribution in [0.1, 0.15) is 16.4 Å². The number of aromatic hydroxyl groups is 1. The van der Waals surface area contributed by atoms with E-state index in [-0.39, 0.29) is 22.9 Å². The first-order chi connectivity index (χ1) is 18.8. The van der Waals surface area contributed by atoms with Crippen LogP contribution < -0.4 is 15.1 Å². The zero-order valence-electron chi connectivity index (χ0n) is 20.1. The molecule has 2 aliphatic rings. The fourth-order valence-electron chi connectivity index (χ4n) is 5.01. The van der Waals surface area contributed by atoms with E-state index in [2.05, 4.69) is 5.32 Å². The number of carbonyl (C=O) groups excluding carboxylic acids is 3. The first-order valence-electron chi connectivity index (χ1n) is 12.0. The van der Waals surface area contributed by atoms with Gasteiger partial charge in [-0.15, -0.1) is 0 Å². The fraction of sp³-hybridized carbons (Fsp3) is 0.143. The van der Waals surface area contributed by atoms with Crippen molar-refractivity contribution in [1.29, 1.82) is 0 Å². The van der Waals surface area contributed by atoms with E-state index in [4.69, 9.17) is 0 Å². The monoisotopic (exact) mass is 561 g/mol. The van der Waals surface area contributed by atoms with Crippen LogP contribution in [0.5, 0.6) is 5.75 Å². The number of nitrogens with one attached hydrogen (secondary N) is 1. The molecule has 0 aliphatic carbocycles. The van der Waals surface area contributed by atoms with Crippen molar-refractivity contribution in [1.82, 2.24) is 4.57 Å². The molecular formula is C28H20FN3O5S2. The lowest BCUT2D eigenvalue weighted by atomic mass is 9.83. The van der Waals surface area contributed by atoms with Crippen LogP contribution in [0.2, 0.25) is 0 Å². The maximum Gasteiger partial charge on any atom is 0.308 e. The first kappa shape index (κ1) is 25.1. The molecule has 0 radical (unpaired) electrons. The predicted molar refractivity (Wildman–Crippen MR) is 146 cm³/mol. The maximum atomic E-state index is 13.8. The van der Waals surface area contributed by atoms with E-state index in [1.54, 1.807) is 0 Å². The van der Waals surface area contributed by atoms with Crippen molar-refractivity contribution in [3.8, 4) is 5.75 Å². The molecule has 4 aromatic rings. The number of anilines is 2. The average molecular weight is 562 g/mol. The molecule has 3 aromatic carbocycles. The molecule has 3 heterocycles. The summed E-state index contributed by atoms with van der Waals surface area (Å²) in [6, 6.07) is 20.3. The standard InChI is InChI=1S/C28H20FN3O5S2/c29-16-6-10-18(11-7-16)32-25(35)22-21(15-4-2-1-3-5-15)24-27(38-23(22)26(32)36)31(28(37)39-24)14-20(34)30-17-8-12-19(33)13-9-17/h1-13,21-23,33H,14H2,(H,30,34)/t21-,22?,23?/m1/s1. The number of hydrogen-bond acceptors (Lipinski definition) is 7. The van der Waals surface area contributed by atoms with Crippen LogP contribution in [0.4, 0.5) is 15.8 Å². The van der Waals surface area contributed by atoms with Gasteiger partial charge < -0.3 is 10.4 Å². The Hall–Kier alpha value is -4.22. The lowest BCUT2D eigenvalue weighted by molar-refractivity contribution is -0.122. The van der Waals surface area contributed by atoms with Gasteiger partial charge in [-0.3, -0.25) is 23.7 Å². The number of thiazole rings is 1. The lowest BCUT2D eigenvalue weighted by Gasteiger charge is -2.30. The van der Waals surface area contributed by atoms with Gasteiger partial charge in [-0.25, -0.2) is 9.29 Å². The van der Waals surface area contributed by atoms with Gasteiger partial charge in [0.2, 0.25) is 17.7 Å². The number of aromatic nitrogens is 1. The molecular weight excluding hydrogens is 541 g/mol. The third-order valence-corrected chi connectivity index (χ3v) is 9.35. The number of imide groups is 1. The molecule has 3 atom stereocenters. The van der Waals surface area contributed by atoms with Crippen LogP contribution in [0, 0.1) is 11.7 Å². The third-order valence-electron chi connectivity index (χ3n) is 6.75. The molecule has 39 heavy (non-hydrogen) atoms. The SMILES string of the molecule is O=C(Cn1c2c(sc1=O)[C@H](c1ccccc1)C1C(=O)N(c3ccc(F)cc3)C(=O)C1S2)Nc1ccc(O)cc1. The molecule has 196 valence electrons. The second-order valence-electron chi connectivity index (χ2n) is 9.16. The Labute approximate surface area is 229 Å². The summed E-state index contributed by atoms with van der Waals surface area (Å²) in [5.74, 6) is -3.10. The number of phenols is 1. The number of carbonyl (C=O) groups is 3. The molecule has 0 spiro atoms. The van der Waals surface area contributed by atoms with Gasteiger partial charge in [0.05, 0.1) is 16.6 Å². The number of benzene rings is 3. The van der Waals surface area contributed by atoms with Gasteiger partial charge in [-0.2, -0.15) is 0 Å². The summed E-state index contributed by atoms with van der Waals surface area (Å²) in [4.78, 5) is 54.8. The first-order valence-corrected chi connectivity index (χ1v) is 13.7. The van der Waals surface area contributed by atoms with E-state index in [9.17, 15) is 28.7 Å². The Morgan fingerprint density at radius 2 is 1.62 bits per heavy atom. The molecule has 1 fully saturated rings. The van der Waals surface area contributed by atoms with Crippen LogP contribution in [0.15, 0.2) is 88.7 Å². The second-order valence-corrected chi connectivity index (χ2v) is 11.3. The summed E-state index contributed by atoms with van der Waals surface area (Å²) in [6.45, 7) is -0.290. The molecule has 8 nitrogen and oxygen atoms in total. The molecule has 3 amide bonds.